The molecule has 0 amide bonds. The van der Waals surface area contributed by atoms with Crippen molar-refractivity contribution in [2.75, 3.05) is 0 Å². The molecule has 1 aromatic carbocycles. The zero-order valence-electron chi connectivity index (χ0n) is 11.4. The predicted octanol–water partition coefficient (Wildman–Crippen LogP) is 3.10. The summed E-state index contributed by atoms with van der Waals surface area (Å²) in [5.74, 6) is 0.373. The van der Waals surface area contributed by atoms with E-state index in [2.05, 4.69) is 51.0 Å². The molecule has 0 fully saturated rings. The van der Waals surface area contributed by atoms with Crippen molar-refractivity contribution in [2.24, 2.45) is 0 Å². The Labute approximate surface area is 108 Å². The predicted molar refractivity (Wildman–Crippen MR) is 73.0 cm³/mol. The molecule has 1 N–H and O–H groups in total. The summed E-state index contributed by atoms with van der Waals surface area (Å²) in [6.45, 7) is 8.42. The number of nitrogens with zero attached hydrogens (tertiary/aromatic N) is 2. The van der Waals surface area contributed by atoms with Gasteiger partial charge >= 0.3 is 0 Å². The van der Waals surface area contributed by atoms with E-state index in [1.165, 1.54) is 11.1 Å². The molecule has 2 aromatic rings. The van der Waals surface area contributed by atoms with Crippen molar-refractivity contribution in [3.8, 4) is 5.69 Å². The highest BCUT2D eigenvalue weighted by molar-refractivity contribution is 5.44. The summed E-state index contributed by atoms with van der Waals surface area (Å²) < 4.78 is 1.96. The number of aliphatic hydroxyl groups excluding tert-OH is 1. The number of hydrogen-bond donors (Lipinski definition) is 1. The van der Waals surface area contributed by atoms with Crippen LogP contribution in [0.1, 0.15) is 42.3 Å². The van der Waals surface area contributed by atoms with Crippen molar-refractivity contribution < 1.29 is 5.11 Å². The molecule has 1 aromatic heterocycles. The number of aryl methyl sites for hydroxylation is 2. The summed E-state index contributed by atoms with van der Waals surface area (Å²) >= 11 is 0. The van der Waals surface area contributed by atoms with Crippen LogP contribution in [-0.4, -0.2) is 14.9 Å². The Balaban J connectivity index is 2.62. The Morgan fingerprint density at radius 1 is 1.22 bits per heavy atom. The topological polar surface area (TPSA) is 38.0 Å². The summed E-state index contributed by atoms with van der Waals surface area (Å²) in [6, 6.07) is 8.32. The molecule has 2 rings (SSSR count). The first-order valence-corrected chi connectivity index (χ1v) is 6.30. The van der Waals surface area contributed by atoms with Crippen LogP contribution in [0.4, 0.5) is 0 Å². The van der Waals surface area contributed by atoms with E-state index in [1.807, 2.05) is 10.7 Å². The zero-order chi connectivity index (χ0) is 13.3. The van der Waals surface area contributed by atoms with Gasteiger partial charge in [0, 0.05) is 5.69 Å². The van der Waals surface area contributed by atoms with Gasteiger partial charge in [-0.2, -0.15) is 5.10 Å². The van der Waals surface area contributed by atoms with Crippen LogP contribution in [0.2, 0.25) is 0 Å². The van der Waals surface area contributed by atoms with Crippen molar-refractivity contribution >= 4 is 0 Å². The third-order valence-corrected chi connectivity index (χ3v) is 3.13. The van der Waals surface area contributed by atoms with Gasteiger partial charge in [0.2, 0.25) is 0 Å². The molecule has 0 radical (unpaired) electrons. The van der Waals surface area contributed by atoms with Gasteiger partial charge < -0.3 is 5.11 Å². The smallest absolute Gasteiger partial charge is 0.0886 e. The molecule has 0 aliphatic carbocycles. The van der Waals surface area contributed by atoms with Crippen LogP contribution >= 0.6 is 0 Å². The van der Waals surface area contributed by atoms with Crippen LogP contribution in [-0.2, 0) is 6.61 Å². The van der Waals surface area contributed by atoms with Crippen LogP contribution in [0, 0.1) is 13.8 Å². The van der Waals surface area contributed by atoms with E-state index >= 15 is 0 Å². The van der Waals surface area contributed by atoms with Crippen molar-refractivity contribution in [3.05, 3.63) is 46.8 Å². The second-order valence-electron chi connectivity index (χ2n) is 5.08. The molecule has 1 heterocycles. The molecule has 0 bridgehead atoms. The third-order valence-electron chi connectivity index (χ3n) is 3.13. The summed E-state index contributed by atoms with van der Waals surface area (Å²) in [4.78, 5) is 0. The molecular formula is C15H20N2O. The van der Waals surface area contributed by atoms with E-state index in [-0.39, 0.29) is 6.61 Å². The highest BCUT2D eigenvalue weighted by Crippen LogP contribution is 2.23. The molecule has 3 nitrogen and oxygen atoms in total. The molecule has 0 saturated carbocycles. The van der Waals surface area contributed by atoms with Crippen LogP contribution in [0.15, 0.2) is 24.3 Å². The lowest BCUT2D eigenvalue weighted by Gasteiger charge is -2.13. The molecule has 3 heteroatoms. The minimum absolute atomic E-state index is 0.0163. The number of rotatable bonds is 3. The lowest BCUT2D eigenvalue weighted by Crippen LogP contribution is -2.06. The molecule has 0 aliphatic rings. The van der Waals surface area contributed by atoms with Gasteiger partial charge in [-0.25, -0.2) is 4.68 Å². The number of benzene rings is 1. The molecular weight excluding hydrogens is 224 g/mol. The van der Waals surface area contributed by atoms with Gasteiger partial charge in [-0.15, -0.1) is 0 Å². The van der Waals surface area contributed by atoms with E-state index in [0.717, 1.165) is 17.1 Å². The maximum absolute atomic E-state index is 9.25. The van der Waals surface area contributed by atoms with Gasteiger partial charge in [0.1, 0.15) is 0 Å². The maximum atomic E-state index is 9.25. The van der Waals surface area contributed by atoms with Gasteiger partial charge in [-0.05, 0) is 43.0 Å². The van der Waals surface area contributed by atoms with Crippen LogP contribution < -0.4 is 0 Å². The highest BCUT2D eigenvalue weighted by atomic mass is 16.3. The molecule has 0 aliphatic heterocycles. The molecule has 96 valence electrons. The second kappa shape index (κ2) is 4.94. The molecule has 18 heavy (non-hydrogen) atoms. The van der Waals surface area contributed by atoms with Crippen molar-refractivity contribution in [1.29, 1.82) is 0 Å². The molecule has 0 saturated heterocycles. The maximum Gasteiger partial charge on any atom is 0.0886 e. The summed E-state index contributed by atoms with van der Waals surface area (Å²) in [5.41, 5.74) is 5.35. The SMILES string of the molecule is Cc1ccc(C)c(-n2nc(CO)cc2C(C)C)c1. The Morgan fingerprint density at radius 3 is 2.56 bits per heavy atom. The fraction of sp³-hybridized carbons (Fsp3) is 0.400. The Morgan fingerprint density at radius 2 is 1.94 bits per heavy atom. The Hall–Kier alpha value is -1.61. The van der Waals surface area contributed by atoms with E-state index in [1.54, 1.807) is 0 Å². The lowest BCUT2D eigenvalue weighted by atomic mass is 10.1. The normalized spacial score (nSPS) is 11.2. The fourth-order valence-electron chi connectivity index (χ4n) is 2.08. The highest BCUT2D eigenvalue weighted by Gasteiger charge is 2.13. The van der Waals surface area contributed by atoms with Gasteiger partial charge in [0.15, 0.2) is 0 Å². The van der Waals surface area contributed by atoms with Crippen molar-refractivity contribution in [2.45, 2.75) is 40.2 Å². The number of aromatic nitrogens is 2. The Kier molecular flexibility index (Phi) is 3.53. The van der Waals surface area contributed by atoms with Crippen LogP contribution in [0.5, 0.6) is 0 Å². The lowest BCUT2D eigenvalue weighted by molar-refractivity contribution is 0.276. The number of aliphatic hydroxyl groups is 1. The van der Waals surface area contributed by atoms with E-state index in [9.17, 15) is 5.11 Å². The first-order valence-electron chi connectivity index (χ1n) is 6.30. The minimum Gasteiger partial charge on any atom is -0.390 e. The summed E-state index contributed by atoms with van der Waals surface area (Å²) in [7, 11) is 0. The largest absolute Gasteiger partial charge is 0.390 e. The Bertz CT molecular complexity index is 556. The fourth-order valence-corrected chi connectivity index (χ4v) is 2.08. The minimum atomic E-state index is -0.0163. The van der Waals surface area contributed by atoms with E-state index in [4.69, 9.17) is 0 Å². The van der Waals surface area contributed by atoms with Gasteiger partial charge in [-0.3, -0.25) is 0 Å². The number of hydrogen-bond acceptors (Lipinski definition) is 2. The standard InChI is InChI=1S/C15H20N2O/c1-10(2)14-8-13(9-18)16-17(14)15-7-11(3)5-6-12(15)4/h5-8,10,18H,9H2,1-4H3. The first kappa shape index (κ1) is 12.8. The van der Waals surface area contributed by atoms with Gasteiger partial charge in [0.25, 0.3) is 0 Å². The quantitative estimate of drug-likeness (QED) is 0.901. The molecule has 0 spiro atoms. The van der Waals surface area contributed by atoms with Crippen molar-refractivity contribution in [1.82, 2.24) is 9.78 Å². The zero-order valence-corrected chi connectivity index (χ0v) is 11.4. The molecule has 0 atom stereocenters. The van der Waals surface area contributed by atoms with Crippen LogP contribution in [0.3, 0.4) is 0 Å². The average molecular weight is 244 g/mol. The summed E-state index contributed by atoms with van der Waals surface area (Å²) in [5, 5.41) is 13.7. The first-order chi connectivity index (χ1) is 8.52. The summed E-state index contributed by atoms with van der Waals surface area (Å²) in [6.07, 6.45) is 0. The third kappa shape index (κ3) is 2.31. The van der Waals surface area contributed by atoms with Crippen molar-refractivity contribution in [3.63, 3.8) is 0 Å². The van der Waals surface area contributed by atoms with Gasteiger partial charge in [0.05, 0.1) is 18.0 Å². The van der Waals surface area contributed by atoms with E-state index in [0.29, 0.717) is 5.92 Å². The van der Waals surface area contributed by atoms with Crippen LogP contribution in [0.25, 0.3) is 5.69 Å². The average Bonchev–Trinajstić information content (AvgIpc) is 2.76. The monoisotopic (exact) mass is 244 g/mol. The molecule has 0 unspecified atom stereocenters. The van der Waals surface area contributed by atoms with Gasteiger partial charge in [-0.1, -0.05) is 26.0 Å². The van der Waals surface area contributed by atoms with E-state index < -0.39 is 0 Å². The second-order valence-corrected chi connectivity index (χ2v) is 5.08.